The van der Waals surface area contributed by atoms with Crippen molar-refractivity contribution in [1.82, 2.24) is 15.0 Å². The molecule has 2 heterocycles. The highest BCUT2D eigenvalue weighted by molar-refractivity contribution is 7.95. The summed E-state index contributed by atoms with van der Waals surface area (Å²) in [6, 6.07) is 10.1. The van der Waals surface area contributed by atoms with E-state index in [0.29, 0.717) is 22.8 Å². The van der Waals surface area contributed by atoms with E-state index < -0.39 is 27.0 Å². The molecule has 4 rings (SSSR count). The highest BCUT2D eigenvalue weighted by Crippen LogP contribution is 2.96. The van der Waals surface area contributed by atoms with Crippen LogP contribution < -0.4 is 15.0 Å². The molecule has 0 spiro atoms. The van der Waals surface area contributed by atoms with Gasteiger partial charge in [-0.3, -0.25) is 0 Å². The van der Waals surface area contributed by atoms with Crippen molar-refractivity contribution in [2.75, 3.05) is 0 Å². The lowest BCUT2D eigenvalue weighted by Crippen LogP contribution is -2.35. The van der Waals surface area contributed by atoms with Crippen molar-refractivity contribution in [2.45, 2.75) is 131 Å². The number of nitrogens with zero attached hydrogens (tertiary/aromatic N) is 3. The van der Waals surface area contributed by atoms with Crippen LogP contribution in [0.3, 0.4) is 0 Å². The summed E-state index contributed by atoms with van der Waals surface area (Å²) in [5.41, 5.74) is 11.0. The van der Waals surface area contributed by atoms with Crippen molar-refractivity contribution in [3.05, 3.63) is 68.8 Å². The Morgan fingerprint density at radius 2 is 0.881 bits per heavy atom. The van der Waals surface area contributed by atoms with Crippen LogP contribution in [-0.4, -0.2) is 31.3 Å². The maximum Gasteiger partial charge on any atom is 0.323 e. The minimum atomic E-state index is -0.869. The lowest BCUT2D eigenvalue weighted by atomic mass is 10.0. The maximum atomic E-state index is 6.29. The van der Waals surface area contributed by atoms with E-state index in [1.165, 1.54) is 44.5 Å². The molecule has 1 aliphatic rings. The summed E-state index contributed by atoms with van der Waals surface area (Å²) in [5.74, 6) is 0. The molecule has 228 valence electrons. The SMILES string of the molecule is Cc1cc(C)c(C2P(c3nc(OC(C)(C)C)nc(OC(C)(C)C)n3)C(c3c(C)cc(C)cc3C)P2C(C)(C)C)c(C)c1. The van der Waals surface area contributed by atoms with Crippen LogP contribution in [0.2, 0.25) is 0 Å². The van der Waals surface area contributed by atoms with Gasteiger partial charge in [0.2, 0.25) is 0 Å². The first-order chi connectivity index (χ1) is 19.2. The van der Waals surface area contributed by atoms with Gasteiger partial charge in [-0.2, -0.15) is 9.97 Å². The fourth-order valence-electron chi connectivity index (χ4n) is 6.25. The first-order valence-electron chi connectivity index (χ1n) is 15.0. The third-order valence-corrected chi connectivity index (χ3v) is 15.8. The first kappa shape index (κ1) is 32.8. The van der Waals surface area contributed by atoms with Gasteiger partial charge in [-0.15, -0.1) is 4.98 Å². The van der Waals surface area contributed by atoms with Gasteiger partial charge in [-0.1, -0.05) is 64.1 Å². The third kappa shape index (κ3) is 7.00. The summed E-state index contributed by atoms with van der Waals surface area (Å²) in [7, 11) is -1.36. The molecule has 2 atom stereocenters. The van der Waals surface area contributed by atoms with Crippen LogP contribution in [0.25, 0.3) is 0 Å². The average molecular weight is 608 g/mol. The largest absolute Gasteiger partial charge is 0.458 e. The number of aryl methyl sites for hydroxylation is 6. The molecule has 2 aromatic carbocycles. The number of aromatic nitrogens is 3. The highest BCUT2D eigenvalue weighted by Gasteiger charge is 2.58. The Morgan fingerprint density at radius 3 is 1.17 bits per heavy atom. The Labute approximate surface area is 257 Å². The van der Waals surface area contributed by atoms with E-state index in [1.807, 2.05) is 41.5 Å². The summed E-state index contributed by atoms with van der Waals surface area (Å²) in [6.07, 6.45) is 0. The molecule has 0 amide bonds. The normalized spacial score (nSPS) is 21.2. The standard InChI is InChI=1S/C35H51N3O2P2/c1-20-16-22(3)26(23(4)17-20)28-41(29(42(28)35(13,14)15)27-24(5)18-21(2)19-25(27)6)32-37-30(39-33(7,8)9)36-31(38-32)40-34(10,11)12/h16-19,28-29H,1-15H3. The molecule has 3 aromatic rings. The van der Waals surface area contributed by atoms with Crippen LogP contribution in [0.4, 0.5) is 0 Å². The quantitative estimate of drug-likeness (QED) is 0.270. The second-order valence-corrected chi connectivity index (χ2v) is 21.2. The van der Waals surface area contributed by atoms with Gasteiger partial charge in [0.25, 0.3) is 0 Å². The minimum absolute atomic E-state index is 0.125. The zero-order valence-electron chi connectivity index (χ0n) is 28.5. The molecular formula is C35H51N3O2P2. The van der Waals surface area contributed by atoms with Crippen molar-refractivity contribution in [3.8, 4) is 12.0 Å². The van der Waals surface area contributed by atoms with Gasteiger partial charge in [0.15, 0.2) is 5.57 Å². The van der Waals surface area contributed by atoms with Gasteiger partial charge < -0.3 is 9.47 Å². The molecule has 0 bridgehead atoms. The minimum Gasteiger partial charge on any atom is -0.458 e. The van der Waals surface area contributed by atoms with E-state index >= 15 is 0 Å². The lowest BCUT2D eigenvalue weighted by Gasteiger charge is -2.59. The predicted octanol–water partition coefficient (Wildman–Crippen LogP) is 9.88. The van der Waals surface area contributed by atoms with Crippen LogP contribution in [0.15, 0.2) is 24.3 Å². The number of hydrogen-bond donors (Lipinski definition) is 0. The molecule has 1 saturated heterocycles. The van der Waals surface area contributed by atoms with E-state index in [9.17, 15) is 0 Å². The summed E-state index contributed by atoms with van der Waals surface area (Å²) in [6.45, 7) is 33.0. The fourth-order valence-corrected chi connectivity index (χ4v) is 17.3. The number of benzene rings is 2. The Bertz CT molecular complexity index is 1340. The highest BCUT2D eigenvalue weighted by atomic mass is 31.2. The smallest absolute Gasteiger partial charge is 0.323 e. The number of rotatable bonds is 5. The molecule has 42 heavy (non-hydrogen) atoms. The van der Waals surface area contributed by atoms with Gasteiger partial charge >= 0.3 is 12.0 Å². The van der Waals surface area contributed by atoms with Crippen LogP contribution in [-0.2, 0) is 0 Å². The maximum absolute atomic E-state index is 6.29. The first-order valence-corrected chi connectivity index (χ1v) is 18.0. The van der Waals surface area contributed by atoms with Gasteiger partial charge in [0.1, 0.15) is 11.2 Å². The number of hydrogen-bond acceptors (Lipinski definition) is 5. The molecule has 0 radical (unpaired) electrons. The second kappa shape index (κ2) is 11.4. The molecule has 0 aliphatic carbocycles. The van der Waals surface area contributed by atoms with E-state index in [0.717, 1.165) is 5.57 Å². The monoisotopic (exact) mass is 607 g/mol. The molecule has 7 heteroatoms. The van der Waals surface area contributed by atoms with Crippen molar-refractivity contribution in [1.29, 1.82) is 0 Å². The zero-order chi connectivity index (χ0) is 31.5. The predicted molar refractivity (Wildman–Crippen MR) is 181 cm³/mol. The van der Waals surface area contributed by atoms with E-state index in [-0.39, 0.29) is 5.16 Å². The van der Waals surface area contributed by atoms with Crippen LogP contribution in [0.5, 0.6) is 12.0 Å². The Kier molecular flexibility index (Phi) is 8.94. The van der Waals surface area contributed by atoms with E-state index in [4.69, 9.17) is 19.4 Å². The summed E-state index contributed by atoms with van der Waals surface area (Å²) in [4.78, 5) is 14.9. The Hall–Kier alpha value is -2.09. The van der Waals surface area contributed by atoms with Crippen molar-refractivity contribution in [3.63, 3.8) is 0 Å². The van der Waals surface area contributed by atoms with Crippen molar-refractivity contribution in [2.24, 2.45) is 0 Å². The molecular weight excluding hydrogens is 556 g/mol. The fraction of sp³-hybridized carbons (Fsp3) is 0.571. The van der Waals surface area contributed by atoms with Crippen molar-refractivity contribution >= 4 is 21.4 Å². The van der Waals surface area contributed by atoms with E-state index in [1.54, 1.807) is 0 Å². The molecule has 1 fully saturated rings. The Balaban J connectivity index is 2.04. The topological polar surface area (TPSA) is 57.1 Å². The average Bonchev–Trinajstić information content (AvgIpc) is 2.72. The molecule has 1 aliphatic heterocycles. The molecule has 0 N–H and O–H groups in total. The Morgan fingerprint density at radius 1 is 0.548 bits per heavy atom. The number of ether oxygens (including phenoxy) is 2. The van der Waals surface area contributed by atoms with Crippen molar-refractivity contribution < 1.29 is 9.47 Å². The summed E-state index contributed by atoms with van der Waals surface area (Å²) >= 11 is 0. The second-order valence-electron chi connectivity index (χ2n) is 15.0. The zero-order valence-corrected chi connectivity index (χ0v) is 30.3. The summed E-state index contributed by atoms with van der Waals surface area (Å²) in [5, 5.41) is 0.834. The molecule has 1 aromatic heterocycles. The van der Waals surface area contributed by atoms with Gasteiger partial charge in [-0.05, 0) is 130 Å². The molecule has 0 saturated carbocycles. The summed E-state index contributed by atoms with van der Waals surface area (Å²) < 4.78 is 12.6. The molecule has 5 nitrogen and oxygen atoms in total. The van der Waals surface area contributed by atoms with Crippen LogP contribution >= 0.6 is 15.8 Å². The third-order valence-electron chi connectivity index (χ3n) is 7.43. The van der Waals surface area contributed by atoms with Gasteiger partial charge in [-0.25, -0.2) is 0 Å². The van der Waals surface area contributed by atoms with Gasteiger partial charge in [0.05, 0.1) is 0 Å². The van der Waals surface area contributed by atoms with Crippen LogP contribution in [0, 0.1) is 41.5 Å². The van der Waals surface area contributed by atoms with Gasteiger partial charge in [0, 0.05) is 10.8 Å². The van der Waals surface area contributed by atoms with E-state index in [2.05, 4.69) is 91.6 Å². The van der Waals surface area contributed by atoms with Crippen LogP contribution in [0.1, 0.15) is 118 Å². The lowest BCUT2D eigenvalue weighted by molar-refractivity contribution is 0.0988. The molecule has 2 unspecified atom stereocenters.